The Labute approximate surface area is 655 Å². The summed E-state index contributed by atoms with van der Waals surface area (Å²) >= 11 is 0. The molecule has 5 heteroatoms. The SMILES string of the molecule is CC(C)(C)c1cc(-c2cc3c(c4ccccc24)c2ccccc2n3-c2ccc3c(c2)N(c2ccccc2-c2ccccc2)c2cc(C(C)(C)C)cc4c2B3c2ccc(-n3c5ccccc5c5c6ccccc6c(-c6cc(C(C)(C)C)cc(C(C)(C)C)c6)cc53)cc2N4c2ccccc2-c2ccccc2)cc(C(C)(C)C)c1. The minimum Gasteiger partial charge on any atom is -0.311 e. The summed E-state index contributed by atoms with van der Waals surface area (Å²) in [4.78, 5) is 5.32. The second-order valence-electron chi connectivity index (χ2n) is 36.6. The molecule has 111 heavy (non-hydrogen) atoms. The number of hydrogen-bond donors (Lipinski definition) is 0. The first-order chi connectivity index (χ1) is 53.2. The molecule has 0 saturated heterocycles. The van der Waals surface area contributed by atoms with Crippen molar-refractivity contribution in [2.24, 2.45) is 0 Å². The number of para-hydroxylation sites is 4. The van der Waals surface area contributed by atoms with Gasteiger partial charge in [0.15, 0.2) is 0 Å². The zero-order chi connectivity index (χ0) is 76.5. The van der Waals surface area contributed by atoms with Gasteiger partial charge in [0.2, 0.25) is 0 Å². The van der Waals surface area contributed by atoms with E-state index in [9.17, 15) is 0 Å². The molecule has 4 nitrogen and oxygen atoms in total. The fraction of sp³-hybridized carbons (Fsp3) is 0.189. The van der Waals surface area contributed by atoms with Crippen LogP contribution in [0.1, 0.15) is 132 Å². The van der Waals surface area contributed by atoms with Crippen molar-refractivity contribution in [2.75, 3.05) is 9.80 Å². The molecule has 2 aliphatic heterocycles. The maximum atomic E-state index is 2.66. The Morgan fingerprint density at radius 1 is 0.216 bits per heavy atom. The molecule has 17 aromatic rings. The van der Waals surface area contributed by atoms with Gasteiger partial charge in [-0.3, -0.25) is 0 Å². The van der Waals surface area contributed by atoms with Gasteiger partial charge in [-0.15, -0.1) is 0 Å². The third kappa shape index (κ3) is 11.4. The molecule has 542 valence electrons. The molecule has 0 amide bonds. The van der Waals surface area contributed by atoms with E-state index in [1.165, 1.54) is 143 Å². The lowest BCUT2D eigenvalue weighted by Gasteiger charge is -2.46. The highest BCUT2D eigenvalue weighted by Gasteiger charge is 2.46. The van der Waals surface area contributed by atoms with Crippen LogP contribution in [0.2, 0.25) is 0 Å². The summed E-state index contributed by atoms with van der Waals surface area (Å²) in [6.07, 6.45) is 0. The Bertz CT molecular complexity index is 6210. The Morgan fingerprint density at radius 3 is 0.901 bits per heavy atom. The second kappa shape index (κ2) is 25.3. The summed E-state index contributed by atoms with van der Waals surface area (Å²) in [5, 5.41) is 9.97. The molecule has 15 aromatic carbocycles. The van der Waals surface area contributed by atoms with Crippen LogP contribution in [0.3, 0.4) is 0 Å². The maximum Gasteiger partial charge on any atom is 0.252 e. The van der Waals surface area contributed by atoms with Gasteiger partial charge in [0.25, 0.3) is 6.71 Å². The predicted molar refractivity (Wildman–Crippen MR) is 479 cm³/mol. The smallest absolute Gasteiger partial charge is 0.252 e. The monoisotopic (exact) mass is 1430 g/mol. The number of aromatic nitrogens is 2. The fourth-order valence-corrected chi connectivity index (χ4v) is 18.2. The first-order valence-corrected chi connectivity index (χ1v) is 39.8. The molecule has 0 N–H and O–H groups in total. The molecule has 0 atom stereocenters. The van der Waals surface area contributed by atoms with Crippen LogP contribution < -0.4 is 26.2 Å². The molecular formula is C106H95BN4. The Morgan fingerprint density at radius 2 is 0.532 bits per heavy atom. The van der Waals surface area contributed by atoms with E-state index in [-0.39, 0.29) is 33.8 Å². The molecular weight excluding hydrogens is 1340 g/mol. The van der Waals surface area contributed by atoms with Gasteiger partial charge in [-0.1, -0.05) is 334 Å². The molecule has 0 radical (unpaired) electrons. The number of rotatable bonds is 8. The van der Waals surface area contributed by atoms with Crippen LogP contribution in [-0.4, -0.2) is 15.8 Å². The number of nitrogens with zero attached hydrogens (tertiary/aromatic N) is 4. The Hall–Kier alpha value is -11.9. The van der Waals surface area contributed by atoms with E-state index >= 15 is 0 Å². The largest absolute Gasteiger partial charge is 0.311 e. The van der Waals surface area contributed by atoms with E-state index in [1.54, 1.807) is 0 Å². The van der Waals surface area contributed by atoms with E-state index in [0.29, 0.717) is 0 Å². The highest BCUT2D eigenvalue weighted by molar-refractivity contribution is 7.00. The average Bonchev–Trinajstić information content (AvgIpc) is 1.68. The van der Waals surface area contributed by atoms with E-state index < -0.39 is 0 Å². The third-order valence-electron chi connectivity index (χ3n) is 24.2. The van der Waals surface area contributed by atoms with Crippen molar-refractivity contribution in [3.8, 4) is 55.9 Å². The molecule has 4 heterocycles. The Kier molecular flexibility index (Phi) is 15.9. The summed E-state index contributed by atoms with van der Waals surface area (Å²) < 4.78 is 5.17. The maximum absolute atomic E-state index is 2.66. The molecule has 2 aromatic heterocycles. The lowest BCUT2D eigenvalue weighted by molar-refractivity contribution is 0.568. The summed E-state index contributed by atoms with van der Waals surface area (Å²) in [7, 11) is 0. The minimum absolute atomic E-state index is 0.0677. The van der Waals surface area contributed by atoms with Crippen molar-refractivity contribution < 1.29 is 0 Å². The van der Waals surface area contributed by atoms with Crippen molar-refractivity contribution in [3.63, 3.8) is 0 Å². The van der Waals surface area contributed by atoms with Crippen molar-refractivity contribution in [1.29, 1.82) is 0 Å². The highest BCUT2D eigenvalue weighted by Crippen LogP contribution is 2.53. The molecule has 0 saturated carbocycles. The van der Waals surface area contributed by atoms with Gasteiger partial charge in [-0.25, -0.2) is 0 Å². The van der Waals surface area contributed by atoms with Crippen molar-refractivity contribution >= 4 is 122 Å². The third-order valence-corrected chi connectivity index (χ3v) is 24.2. The van der Waals surface area contributed by atoms with Gasteiger partial charge in [-0.2, -0.15) is 0 Å². The van der Waals surface area contributed by atoms with Crippen molar-refractivity contribution in [3.05, 3.63) is 331 Å². The quantitative estimate of drug-likeness (QED) is 0.141. The molecule has 0 fully saturated rings. The Balaban J connectivity index is 0.920. The number of fused-ring (bicyclic) bond motifs is 14. The van der Waals surface area contributed by atoms with Gasteiger partial charge < -0.3 is 18.9 Å². The number of anilines is 6. The van der Waals surface area contributed by atoms with Gasteiger partial charge in [0.1, 0.15) is 0 Å². The lowest BCUT2D eigenvalue weighted by Crippen LogP contribution is -2.61. The van der Waals surface area contributed by atoms with Crippen LogP contribution in [0.4, 0.5) is 34.1 Å². The lowest BCUT2D eigenvalue weighted by atomic mass is 9.33. The minimum atomic E-state index is -0.284. The van der Waals surface area contributed by atoms with Crippen LogP contribution >= 0.6 is 0 Å². The normalized spacial score (nSPS) is 13.3. The van der Waals surface area contributed by atoms with Crippen molar-refractivity contribution in [2.45, 2.75) is 131 Å². The molecule has 19 rings (SSSR count). The number of benzene rings is 15. The summed E-state index contributed by atoms with van der Waals surface area (Å²) in [6, 6.07) is 117. The summed E-state index contributed by atoms with van der Waals surface area (Å²) in [5.41, 5.74) is 33.1. The molecule has 0 spiro atoms. The molecule has 0 unspecified atom stereocenters. The standard InChI is InChI=1S/C106H95BN4/c1-102(2,3)70-54-68(55-71(58-70)103(4,5)6)85-64-95-99(81-42-24-22-40-79(81)85)83-44-28-32-48-91(83)108(95)75-50-52-87-93(62-75)110(89-46-30-26-38-77(89)66-34-18-16-19-35-66)97-60-74(106(13,14)15)61-98-101(97)107(87)88-53-51-76(63-94(88)111(98)90-47-31-27-39-78(90)67-36-20-17-21-37-67)109-92-49-33-29-45-84(92)100-82-43-25-23-41-80(82)86(65-96(100)109)69-56-72(104(7,8)9)59-73(57-69)105(10,11)12/h16-65H,1-15H3. The molecule has 2 aliphatic rings. The van der Waals surface area contributed by atoms with Gasteiger partial charge >= 0.3 is 0 Å². The van der Waals surface area contributed by atoms with Crippen LogP contribution in [-0.2, 0) is 27.1 Å². The summed E-state index contributed by atoms with van der Waals surface area (Å²) in [5.74, 6) is 0. The van der Waals surface area contributed by atoms with Crippen LogP contribution in [0.15, 0.2) is 303 Å². The molecule has 0 aliphatic carbocycles. The van der Waals surface area contributed by atoms with E-state index in [0.717, 1.165) is 56.4 Å². The van der Waals surface area contributed by atoms with E-state index in [4.69, 9.17) is 0 Å². The zero-order valence-electron chi connectivity index (χ0n) is 66.7. The van der Waals surface area contributed by atoms with Crippen LogP contribution in [0.25, 0.3) is 121 Å². The van der Waals surface area contributed by atoms with Crippen LogP contribution in [0.5, 0.6) is 0 Å². The van der Waals surface area contributed by atoms with Gasteiger partial charge in [0, 0.05) is 66.8 Å². The fourth-order valence-electron chi connectivity index (χ4n) is 18.2. The first kappa shape index (κ1) is 69.5. The van der Waals surface area contributed by atoms with E-state index in [1.807, 2.05) is 0 Å². The number of hydrogen-bond acceptors (Lipinski definition) is 2. The first-order valence-electron chi connectivity index (χ1n) is 39.8. The van der Waals surface area contributed by atoms with Crippen molar-refractivity contribution in [1.82, 2.24) is 9.13 Å². The van der Waals surface area contributed by atoms with Gasteiger partial charge in [-0.05, 0) is 199 Å². The molecule has 0 bridgehead atoms. The van der Waals surface area contributed by atoms with Crippen LogP contribution in [0, 0.1) is 0 Å². The highest BCUT2D eigenvalue weighted by atomic mass is 15.2. The van der Waals surface area contributed by atoms with E-state index in [2.05, 4.69) is 426 Å². The summed E-state index contributed by atoms with van der Waals surface area (Å²) in [6.45, 7) is 35.1. The topological polar surface area (TPSA) is 16.3 Å². The second-order valence-corrected chi connectivity index (χ2v) is 36.6. The van der Waals surface area contributed by atoms with Gasteiger partial charge in [0.05, 0.1) is 33.4 Å². The zero-order valence-corrected chi connectivity index (χ0v) is 66.7. The predicted octanol–water partition coefficient (Wildman–Crippen LogP) is 27.4. The average molecular weight is 1440 g/mol.